The van der Waals surface area contributed by atoms with Crippen LogP contribution in [0.25, 0.3) is 0 Å². The van der Waals surface area contributed by atoms with Crippen LogP contribution in [0.3, 0.4) is 0 Å². The molecule has 3 heteroatoms. The van der Waals surface area contributed by atoms with E-state index in [1.807, 2.05) is 0 Å². The summed E-state index contributed by atoms with van der Waals surface area (Å²) in [4.78, 5) is 0. The summed E-state index contributed by atoms with van der Waals surface area (Å²) >= 11 is 0. The minimum absolute atomic E-state index is 0.0249. The molecule has 0 saturated carbocycles. The van der Waals surface area contributed by atoms with E-state index in [2.05, 4.69) is 23.5 Å². The molecule has 0 aromatic carbocycles. The number of hydrogen-bond acceptors (Lipinski definition) is 3. The van der Waals surface area contributed by atoms with Crippen molar-refractivity contribution in [2.75, 3.05) is 13.7 Å². The molecule has 0 amide bonds. The van der Waals surface area contributed by atoms with Gasteiger partial charge in [-0.3, -0.25) is 5.32 Å². The third-order valence-electron chi connectivity index (χ3n) is 3.93. The second kappa shape index (κ2) is 4.05. The molecule has 2 unspecified atom stereocenters. The van der Waals surface area contributed by atoms with Crippen LogP contribution in [0, 0.1) is 17.2 Å². The number of ether oxygens (including phenoxy) is 1. The van der Waals surface area contributed by atoms with Crippen LogP contribution in [0.1, 0.15) is 19.3 Å². The van der Waals surface area contributed by atoms with Crippen molar-refractivity contribution >= 4 is 0 Å². The summed E-state index contributed by atoms with van der Waals surface area (Å²) in [6.07, 6.45) is 7.64. The van der Waals surface area contributed by atoms with Crippen molar-refractivity contribution in [2.24, 2.45) is 5.92 Å². The van der Waals surface area contributed by atoms with Crippen molar-refractivity contribution < 1.29 is 4.74 Å². The highest BCUT2D eigenvalue weighted by atomic mass is 16.5. The Balaban J connectivity index is 2.02. The normalized spacial score (nSPS) is 31.1. The summed E-state index contributed by atoms with van der Waals surface area (Å²) in [5.41, 5.74) is 4.02. The lowest BCUT2D eigenvalue weighted by molar-refractivity contribution is 0.300. The largest absolute Gasteiger partial charge is 0.496 e. The van der Waals surface area contributed by atoms with Gasteiger partial charge in [0.05, 0.1) is 19.2 Å². The first-order chi connectivity index (χ1) is 8.33. The Labute approximate surface area is 101 Å². The van der Waals surface area contributed by atoms with Crippen molar-refractivity contribution in [2.45, 2.75) is 25.3 Å². The van der Waals surface area contributed by atoms with Gasteiger partial charge in [-0.2, -0.15) is 5.26 Å². The van der Waals surface area contributed by atoms with Gasteiger partial charge in [0, 0.05) is 12.1 Å². The molecule has 3 rings (SSSR count). The number of methoxy groups -OCH3 is 1. The molecule has 3 nitrogen and oxygen atoms in total. The molecule has 0 saturated heterocycles. The average Bonchev–Trinajstić information content (AvgIpc) is 2.61. The van der Waals surface area contributed by atoms with E-state index in [-0.39, 0.29) is 6.04 Å². The van der Waals surface area contributed by atoms with E-state index >= 15 is 0 Å². The predicted octanol–water partition coefficient (Wildman–Crippen LogP) is 2.05. The van der Waals surface area contributed by atoms with Gasteiger partial charge in [-0.1, -0.05) is 6.08 Å². The summed E-state index contributed by atoms with van der Waals surface area (Å²) in [6.45, 7) is 0.751. The number of nitrogens with zero attached hydrogens (tertiary/aromatic N) is 1. The molecule has 0 bridgehead atoms. The van der Waals surface area contributed by atoms with Crippen molar-refractivity contribution in [3.63, 3.8) is 0 Å². The van der Waals surface area contributed by atoms with Gasteiger partial charge in [0.25, 0.3) is 0 Å². The zero-order valence-electron chi connectivity index (χ0n) is 9.99. The zero-order chi connectivity index (χ0) is 11.8. The quantitative estimate of drug-likeness (QED) is 0.747. The Kier molecular flexibility index (Phi) is 2.53. The Morgan fingerprint density at radius 1 is 1.53 bits per heavy atom. The van der Waals surface area contributed by atoms with Crippen LogP contribution in [0.5, 0.6) is 0 Å². The van der Waals surface area contributed by atoms with Crippen LogP contribution >= 0.6 is 0 Å². The van der Waals surface area contributed by atoms with Crippen LogP contribution in [0.2, 0.25) is 0 Å². The van der Waals surface area contributed by atoms with E-state index in [1.54, 1.807) is 7.11 Å². The Hall–Kier alpha value is -1.53. The lowest BCUT2D eigenvalue weighted by atomic mass is 9.81. The molecule has 0 spiro atoms. The first-order valence-corrected chi connectivity index (χ1v) is 6.16. The summed E-state index contributed by atoms with van der Waals surface area (Å²) in [7, 11) is 1.72. The van der Waals surface area contributed by atoms with E-state index in [1.165, 1.54) is 16.7 Å². The molecule has 1 heterocycles. The average molecular weight is 228 g/mol. The predicted molar refractivity (Wildman–Crippen MR) is 64.9 cm³/mol. The van der Waals surface area contributed by atoms with Crippen molar-refractivity contribution in [1.82, 2.24) is 5.32 Å². The lowest BCUT2D eigenvalue weighted by Gasteiger charge is -2.23. The third kappa shape index (κ3) is 1.60. The molecule has 1 N–H and O–H groups in total. The van der Waals surface area contributed by atoms with E-state index in [0.29, 0.717) is 5.92 Å². The maximum absolute atomic E-state index is 9.11. The second-order valence-corrected chi connectivity index (χ2v) is 4.84. The first-order valence-electron chi connectivity index (χ1n) is 6.16. The summed E-state index contributed by atoms with van der Waals surface area (Å²) < 4.78 is 5.45. The van der Waals surface area contributed by atoms with Crippen molar-refractivity contribution in [3.05, 3.63) is 34.6 Å². The van der Waals surface area contributed by atoms with Gasteiger partial charge in [-0.05, 0) is 42.4 Å². The number of nitriles is 1. The summed E-state index contributed by atoms with van der Waals surface area (Å²) in [5.74, 6) is 1.50. The maximum atomic E-state index is 9.11. The minimum Gasteiger partial charge on any atom is -0.496 e. The van der Waals surface area contributed by atoms with Gasteiger partial charge in [0.15, 0.2) is 0 Å². The fraction of sp³-hybridized carbons (Fsp3) is 0.500. The van der Waals surface area contributed by atoms with Crippen LogP contribution in [-0.2, 0) is 4.74 Å². The summed E-state index contributed by atoms with van der Waals surface area (Å²) in [5, 5.41) is 12.4. The van der Waals surface area contributed by atoms with E-state index in [4.69, 9.17) is 10.00 Å². The van der Waals surface area contributed by atoms with E-state index in [9.17, 15) is 0 Å². The topological polar surface area (TPSA) is 45.0 Å². The van der Waals surface area contributed by atoms with Gasteiger partial charge in [0.1, 0.15) is 5.76 Å². The smallest absolute Gasteiger partial charge is 0.124 e. The summed E-state index contributed by atoms with van der Waals surface area (Å²) in [6, 6.07) is 2.33. The molecule has 0 aromatic heterocycles. The van der Waals surface area contributed by atoms with Gasteiger partial charge in [-0.15, -0.1) is 0 Å². The lowest BCUT2D eigenvalue weighted by Crippen LogP contribution is -2.29. The fourth-order valence-corrected chi connectivity index (χ4v) is 3.14. The molecular formula is C14H16N2O. The highest BCUT2D eigenvalue weighted by Crippen LogP contribution is 2.43. The maximum Gasteiger partial charge on any atom is 0.124 e. The van der Waals surface area contributed by atoms with Gasteiger partial charge >= 0.3 is 0 Å². The monoisotopic (exact) mass is 228 g/mol. The molecule has 3 aliphatic rings. The Morgan fingerprint density at radius 3 is 3.18 bits per heavy atom. The number of allylic oxidation sites excluding steroid dienone is 4. The molecule has 0 aromatic rings. The third-order valence-corrected chi connectivity index (χ3v) is 3.93. The Morgan fingerprint density at radius 2 is 2.41 bits per heavy atom. The first kappa shape index (κ1) is 10.6. The highest BCUT2D eigenvalue weighted by Gasteiger charge is 2.34. The molecule has 2 atom stereocenters. The van der Waals surface area contributed by atoms with Crippen LogP contribution in [0.4, 0.5) is 0 Å². The van der Waals surface area contributed by atoms with Gasteiger partial charge in [-0.25, -0.2) is 0 Å². The molecule has 17 heavy (non-hydrogen) atoms. The molecule has 2 aliphatic carbocycles. The van der Waals surface area contributed by atoms with Crippen LogP contribution < -0.4 is 5.32 Å². The highest BCUT2D eigenvalue weighted by molar-refractivity contribution is 5.59. The minimum atomic E-state index is -0.0249. The molecule has 0 radical (unpaired) electrons. The second-order valence-electron chi connectivity index (χ2n) is 4.84. The molecule has 88 valence electrons. The van der Waals surface area contributed by atoms with E-state index < -0.39 is 0 Å². The molecular weight excluding hydrogens is 212 g/mol. The van der Waals surface area contributed by atoms with E-state index in [0.717, 1.165) is 31.6 Å². The fourth-order valence-electron chi connectivity index (χ4n) is 3.14. The Bertz CT molecular complexity index is 479. The van der Waals surface area contributed by atoms with Crippen molar-refractivity contribution in [3.8, 4) is 6.07 Å². The standard InChI is InChI=1S/C14H16N2O/c1-17-13-6-10-4-2-3-9-5-11(7-15)16-8-12(13)14(9)10/h4,6,9,11,16H,2-3,5,8H2,1H3. The zero-order valence-corrected chi connectivity index (χ0v) is 9.99. The SMILES string of the molecule is COC1=CC2=CCCC3CC(C#N)NCC1=C23. The van der Waals surface area contributed by atoms with Crippen molar-refractivity contribution in [1.29, 1.82) is 5.26 Å². The molecule has 0 fully saturated rings. The van der Waals surface area contributed by atoms with Crippen LogP contribution in [0.15, 0.2) is 34.6 Å². The van der Waals surface area contributed by atoms with Crippen LogP contribution in [-0.4, -0.2) is 19.7 Å². The molecule has 1 aliphatic heterocycles. The van der Waals surface area contributed by atoms with Gasteiger partial charge < -0.3 is 4.74 Å². The van der Waals surface area contributed by atoms with Gasteiger partial charge in [0.2, 0.25) is 0 Å². The number of hydrogen-bond donors (Lipinski definition) is 1. The number of nitrogens with one attached hydrogen (secondary N) is 1. The number of rotatable bonds is 1.